The van der Waals surface area contributed by atoms with Crippen LogP contribution in [0.25, 0.3) is 0 Å². The molecule has 1 N–H and O–H groups in total. The van der Waals surface area contributed by atoms with Gasteiger partial charge in [-0.15, -0.1) is 10.2 Å². The van der Waals surface area contributed by atoms with E-state index in [0.717, 1.165) is 11.5 Å². The number of hydrogen-bond acceptors (Lipinski definition) is 6. The second kappa shape index (κ2) is 6.49. The highest BCUT2D eigenvalue weighted by Gasteiger charge is 2.18. The summed E-state index contributed by atoms with van der Waals surface area (Å²) < 4.78 is 8.56. The summed E-state index contributed by atoms with van der Waals surface area (Å²) >= 11 is 0. The van der Waals surface area contributed by atoms with Crippen LogP contribution in [0.4, 0.5) is 0 Å². The van der Waals surface area contributed by atoms with Crippen LogP contribution in [0.15, 0.2) is 12.5 Å². The van der Waals surface area contributed by atoms with Gasteiger partial charge in [0.25, 0.3) is 0 Å². The Hall–Kier alpha value is -2.22. The molecule has 0 saturated heterocycles. The third kappa shape index (κ3) is 3.27. The topological polar surface area (TPSA) is 86.9 Å². The Morgan fingerprint density at radius 2 is 2.24 bits per heavy atom. The van der Waals surface area contributed by atoms with Gasteiger partial charge in [-0.3, -0.25) is 4.68 Å². The normalized spacial score (nSPS) is 12.4. The lowest BCUT2D eigenvalue weighted by Gasteiger charge is -2.13. The van der Waals surface area contributed by atoms with Gasteiger partial charge < -0.3 is 14.6 Å². The van der Waals surface area contributed by atoms with Gasteiger partial charge in [0.15, 0.2) is 0 Å². The summed E-state index contributed by atoms with van der Waals surface area (Å²) in [5, 5.41) is 15.4. The van der Waals surface area contributed by atoms with Gasteiger partial charge in [-0.05, 0) is 13.8 Å². The molecule has 0 aliphatic rings. The van der Waals surface area contributed by atoms with Crippen LogP contribution >= 0.6 is 0 Å². The summed E-state index contributed by atoms with van der Waals surface area (Å²) in [6, 6.07) is 0.00226. The van der Waals surface area contributed by atoms with E-state index in [0.29, 0.717) is 18.7 Å². The number of aryl methyl sites for hydroxylation is 2. The Morgan fingerprint density at radius 1 is 1.48 bits per heavy atom. The van der Waals surface area contributed by atoms with Gasteiger partial charge in [0, 0.05) is 20.6 Å². The molecule has 2 rings (SSSR count). The quantitative estimate of drug-likeness (QED) is 0.784. The standard InChI is InChI=1S/C13H20N6O2/c1-5-21-13(20)10-6-16-19(4)11(10)7-14-9(2)12-17-15-8-18(12)3/h6,8-9,14H,5,7H2,1-4H3. The van der Waals surface area contributed by atoms with Gasteiger partial charge in [0.2, 0.25) is 0 Å². The Labute approximate surface area is 123 Å². The molecule has 2 aromatic heterocycles. The Balaban J connectivity index is 2.08. The van der Waals surface area contributed by atoms with Gasteiger partial charge in [0.1, 0.15) is 17.7 Å². The van der Waals surface area contributed by atoms with Crippen molar-refractivity contribution >= 4 is 5.97 Å². The fourth-order valence-electron chi connectivity index (χ4n) is 2.08. The molecule has 0 radical (unpaired) electrons. The van der Waals surface area contributed by atoms with Crippen molar-refractivity contribution in [1.82, 2.24) is 29.9 Å². The first-order valence-corrected chi connectivity index (χ1v) is 6.79. The summed E-state index contributed by atoms with van der Waals surface area (Å²) in [6.45, 7) is 4.60. The molecule has 2 aromatic rings. The number of carbonyl (C=O) groups is 1. The number of rotatable bonds is 6. The second-order valence-corrected chi connectivity index (χ2v) is 4.75. The Kier molecular flexibility index (Phi) is 4.69. The van der Waals surface area contributed by atoms with Crippen molar-refractivity contribution in [3.63, 3.8) is 0 Å². The molecule has 1 unspecified atom stereocenters. The molecule has 0 amide bonds. The highest BCUT2D eigenvalue weighted by atomic mass is 16.5. The molecule has 0 saturated carbocycles. The summed E-state index contributed by atoms with van der Waals surface area (Å²) in [5.41, 5.74) is 1.26. The number of hydrogen-bond donors (Lipinski definition) is 1. The second-order valence-electron chi connectivity index (χ2n) is 4.75. The van der Waals surface area contributed by atoms with Gasteiger partial charge in [0.05, 0.1) is 24.5 Å². The minimum atomic E-state index is -0.353. The third-order valence-corrected chi connectivity index (χ3v) is 3.27. The number of aromatic nitrogens is 5. The number of ether oxygens (including phenoxy) is 1. The molecule has 0 aliphatic carbocycles. The van der Waals surface area contributed by atoms with Crippen LogP contribution in [-0.2, 0) is 25.4 Å². The van der Waals surface area contributed by atoms with Crippen LogP contribution in [0.3, 0.4) is 0 Å². The fraction of sp³-hybridized carbons (Fsp3) is 0.538. The van der Waals surface area contributed by atoms with Crippen molar-refractivity contribution in [2.75, 3.05) is 6.61 Å². The fourth-order valence-corrected chi connectivity index (χ4v) is 2.08. The van der Waals surface area contributed by atoms with E-state index in [9.17, 15) is 4.79 Å². The molecular weight excluding hydrogens is 272 g/mol. The lowest BCUT2D eigenvalue weighted by Crippen LogP contribution is -2.23. The molecule has 8 heteroatoms. The van der Waals surface area contributed by atoms with Gasteiger partial charge in [-0.1, -0.05) is 0 Å². The van der Waals surface area contributed by atoms with E-state index in [4.69, 9.17) is 4.74 Å². The van der Waals surface area contributed by atoms with E-state index >= 15 is 0 Å². The zero-order valence-electron chi connectivity index (χ0n) is 12.7. The lowest BCUT2D eigenvalue weighted by molar-refractivity contribution is 0.0524. The highest BCUT2D eigenvalue weighted by Crippen LogP contribution is 2.13. The van der Waals surface area contributed by atoms with Crippen LogP contribution < -0.4 is 5.32 Å². The molecule has 0 bridgehead atoms. The zero-order valence-corrected chi connectivity index (χ0v) is 12.7. The monoisotopic (exact) mass is 292 g/mol. The predicted molar refractivity (Wildman–Crippen MR) is 75.4 cm³/mol. The first-order chi connectivity index (χ1) is 10.0. The lowest BCUT2D eigenvalue weighted by atomic mass is 10.2. The minimum absolute atomic E-state index is 0.00226. The summed E-state index contributed by atoms with van der Waals surface area (Å²) in [6.07, 6.45) is 3.18. The van der Waals surface area contributed by atoms with Crippen molar-refractivity contribution in [3.05, 3.63) is 29.6 Å². The van der Waals surface area contributed by atoms with E-state index in [1.165, 1.54) is 6.20 Å². The van der Waals surface area contributed by atoms with E-state index < -0.39 is 0 Å². The van der Waals surface area contributed by atoms with Crippen LogP contribution in [0.2, 0.25) is 0 Å². The maximum atomic E-state index is 11.9. The molecule has 114 valence electrons. The van der Waals surface area contributed by atoms with Crippen molar-refractivity contribution in [2.45, 2.75) is 26.4 Å². The van der Waals surface area contributed by atoms with E-state index in [2.05, 4.69) is 20.6 Å². The number of carbonyl (C=O) groups excluding carboxylic acids is 1. The Bertz CT molecular complexity index is 618. The van der Waals surface area contributed by atoms with Gasteiger partial charge in [-0.2, -0.15) is 5.10 Å². The summed E-state index contributed by atoms with van der Waals surface area (Å²) in [7, 11) is 3.69. The van der Waals surface area contributed by atoms with Crippen molar-refractivity contribution in [3.8, 4) is 0 Å². The van der Waals surface area contributed by atoms with Crippen LogP contribution in [0.5, 0.6) is 0 Å². The summed E-state index contributed by atoms with van der Waals surface area (Å²) in [4.78, 5) is 11.9. The van der Waals surface area contributed by atoms with E-state index in [1.54, 1.807) is 25.0 Å². The molecule has 1 atom stereocenters. The number of nitrogens with zero attached hydrogens (tertiary/aromatic N) is 5. The molecule has 0 aliphatic heterocycles. The van der Waals surface area contributed by atoms with Crippen molar-refractivity contribution < 1.29 is 9.53 Å². The average Bonchev–Trinajstić information content (AvgIpc) is 3.03. The molecule has 0 spiro atoms. The number of nitrogens with one attached hydrogen (secondary N) is 1. The predicted octanol–water partition coefficient (Wildman–Crippen LogP) is 0.576. The number of esters is 1. The molecular formula is C13H20N6O2. The van der Waals surface area contributed by atoms with Crippen LogP contribution in [0.1, 0.15) is 41.8 Å². The van der Waals surface area contributed by atoms with Crippen LogP contribution in [0, 0.1) is 0 Å². The van der Waals surface area contributed by atoms with E-state index in [1.807, 2.05) is 18.5 Å². The highest BCUT2D eigenvalue weighted by molar-refractivity contribution is 5.90. The SMILES string of the molecule is CCOC(=O)c1cnn(C)c1CNC(C)c1nncn1C. The molecule has 8 nitrogen and oxygen atoms in total. The third-order valence-electron chi connectivity index (χ3n) is 3.27. The molecule has 0 aromatic carbocycles. The maximum absolute atomic E-state index is 11.9. The van der Waals surface area contributed by atoms with Gasteiger partial charge >= 0.3 is 5.97 Å². The maximum Gasteiger partial charge on any atom is 0.341 e. The first kappa shape index (κ1) is 15.2. The smallest absolute Gasteiger partial charge is 0.341 e. The van der Waals surface area contributed by atoms with Crippen molar-refractivity contribution in [2.24, 2.45) is 14.1 Å². The zero-order chi connectivity index (χ0) is 15.4. The molecule has 2 heterocycles. The summed E-state index contributed by atoms with van der Waals surface area (Å²) in [5.74, 6) is 0.476. The van der Waals surface area contributed by atoms with Gasteiger partial charge in [-0.25, -0.2) is 4.79 Å². The first-order valence-electron chi connectivity index (χ1n) is 6.79. The Morgan fingerprint density at radius 3 is 2.86 bits per heavy atom. The average molecular weight is 292 g/mol. The molecule has 0 fully saturated rings. The largest absolute Gasteiger partial charge is 0.462 e. The van der Waals surface area contributed by atoms with Crippen LogP contribution in [-0.4, -0.2) is 37.1 Å². The van der Waals surface area contributed by atoms with Crippen molar-refractivity contribution in [1.29, 1.82) is 0 Å². The molecule has 21 heavy (non-hydrogen) atoms. The van der Waals surface area contributed by atoms with E-state index in [-0.39, 0.29) is 12.0 Å². The minimum Gasteiger partial charge on any atom is -0.462 e.